The van der Waals surface area contributed by atoms with Crippen LogP contribution in [0.2, 0.25) is 0 Å². The molecule has 1 aliphatic heterocycles. The van der Waals surface area contributed by atoms with E-state index in [-0.39, 0.29) is 17.6 Å². The van der Waals surface area contributed by atoms with Crippen molar-refractivity contribution in [2.24, 2.45) is 0 Å². The van der Waals surface area contributed by atoms with Crippen molar-refractivity contribution in [2.45, 2.75) is 36.8 Å². The van der Waals surface area contributed by atoms with Crippen LogP contribution in [0.4, 0.5) is 0 Å². The zero-order valence-corrected chi connectivity index (χ0v) is 14.1. The van der Waals surface area contributed by atoms with E-state index in [1.165, 1.54) is 11.8 Å². The molecule has 0 aliphatic carbocycles. The topological polar surface area (TPSA) is 51.2 Å². The van der Waals surface area contributed by atoms with Crippen LogP contribution in [0.1, 0.15) is 31.9 Å². The van der Waals surface area contributed by atoms with Crippen molar-refractivity contribution < 1.29 is 9.53 Å². The van der Waals surface area contributed by atoms with Gasteiger partial charge in [0.2, 0.25) is 5.91 Å². The third kappa shape index (κ3) is 4.05. The van der Waals surface area contributed by atoms with Gasteiger partial charge in [0, 0.05) is 29.3 Å². The predicted octanol–water partition coefficient (Wildman–Crippen LogP) is 3.59. The van der Waals surface area contributed by atoms with Gasteiger partial charge in [0.05, 0.1) is 11.8 Å². The van der Waals surface area contributed by atoms with Gasteiger partial charge in [0.25, 0.3) is 0 Å². The van der Waals surface area contributed by atoms with Crippen molar-refractivity contribution in [3.05, 3.63) is 54.4 Å². The molecule has 1 atom stereocenters. The molecule has 1 N–H and O–H groups in total. The zero-order chi connectivity index (χ0) is 16.3. The first-order valence-electron chi connectivity index (χ1n) is 7.64. The summed E-state index contributed by atoms with van der Waals surface area (Å²) in [7, 11) is 0. The molecule has 2 heterocycles. The third-order valence-electron chi connectivity index (χ3n) is 3.73. The number of fused-ring (bicyclic) bond motifs is 1. The number of ether oxygens (including phenoxy) is 1. The molecule has 3 rings (SSSR count). The van der Waals surface area contributed by atoms with Crippen LogP contribution in [0, 0.1) is 0 Å². The number of rotatable bonds is 4. The monoisotopic (exact) mass is 328 g/mol. The van der Waals surface area contributed by atoms with Gasteiger partial charge < -0.3 is 10.1 Å². The molecule has 0 bridgehead atoms. The number of benzene rings is 1. The summed E-state index contributed by atoms with van der Waals surface area (Å²) in [5.74, 6) is 1.28. The van der Waals surface area contributed by atoms with Crippen molar-refractivity contribution in [1.29, 1.82) is 0 Å². The van der Waals surface area contributed by atoms with Crippen molar-refractivity contribution >= 4 is 17.7 Å². The standard InChI is InChI=1S/C18H20N2O2S/c1-18(2)11-15(14-5-3-4-6-16(14)22-18)20-17(21)12-23-13-7-9-19-10-8-13/h3-10,15H,11-12H2,1-2H3,(H,20,21)/t15-/m1/s1. The number of carbonyl (C=O) groups is 1. The average molecular weight is 328 g/mol. The fourth-order valence-corrected chi connectivity index (χ4v) is 3.45. The molecule has 1 aromatic carbocycles. The maximum Gasteiger partial charge on any atom is 0.230 e. The van der Waals surface area contributed by atoms with Crippen molar-refractivity contribution in [3.63, 3.8) is 0 Å². The molecule has 0 fully saturated rings. The number of nitrogens with one attached hydrogen (secondary N) is 1. The first kappa shape index (κ1) is 15.9. The maximum atomic E-state index is 12.3. The first-order chi connectivity index (χ1) is 11.0. The Kier molecular flexibility index (Phi) is 4.57. The van der Waals surface area contributed by atoms with Gasteiger partial charge in [0.1, 0.15) is 11.4 Å². The van der Waals surface area contributed by atoms with Crippen LogP contribution in [0.25, 0.3) is 0 Å². The number of hydrogen-bond acceptors (Lipinski definition) is 4. The highest BCUT2D eigenvalue weighted by atomic mass is 32.2. The molecule has 4 nitrogen and oxygen atoms in total. The zero-order valence-electron chi connectivity index (χ0n) is 13.3. The molecule has 0 saturated heterocycles. The minimum atomic E-state index is -0.287. The largest absolute Gasteiger partial charge is 0.487 e. The van der Waals surface area contributed by atoms with Gasteiger partial charge in [-0.05, 0) is 32.0 Å². The Morgan fingerprint density at radius 1 is 1.30 bits per heavy atom. The lowest BCUT2D eigenvalue weighted by Crippen LogP contribution is -2.41. The normalized spacial score (nSPS) is 18.6. The molecule has 2 aromatic rings. The number of aromatic nitrogens is 1. The third-order valence-corrected chi connectivity index (χ3v) is 4.74. The Balaban J connectivity index is 1.66. The fourth-order valence-electron chi connectivity index (χ4n) is 2.75. The number of pyridine rings is 1. The van der Waals surface area contributed by atoms with E-state index < -0.39 is 0 Å². The van der Waals surface area contributed by atoms with E-state index in [0.717, 1.165) is 22.6 Å². The highest BCUT2D eigenvalue weighted by Crippen LogP contribution is 2.39. The van der Waals surface area contributed by atoms with E-state index in [1.807, 2.05) is 50.2 Å². The van der Waals surface area contributed by atoms with Crippen molar-refractivity contribution in [3.8, 4) is 5.75 Å². The van der Waals surface area contributed by atoms with Crippen LogP contribution in [-0.4, -0.2) is 22.2 Å². The number of carbonyl (C=O) groups excluding carboxylic acids is 1. The van der Waals surface area contributed by atoms with Crippen molar-refractivity contribution in [2.75, 3.05) is 5.75 Å². The first-order valence-corrected chi connectivity index (χ1v) is 8.62. The Morgan fingerprint density at radius 2 is 2.04 bits per heavy atom. The van der Waals surface area contributed by atoms with E-state index in [4.69, 9.17) is 4.74 Å². The number of thioether (sulfide) groups is 1. The molecule has 23 heavy (non-hydrogen) atoms. The maximum absolute atomic E-state index is 12.3. The Bertz CT molecular complexity index is 688. The van der Waals surface area contributed by atoms with E-state index >= 15 is 0 Å². The van der Waals surface area contributed by atoms with Gasteiger partial charge in [-0.1, -0.05) is 18.2 Å². The summed E-state index contributed by atoms with van der Waals surface area (Å²) >= 11 is 1.52. The second kappa shape index (κ2) is 6.62. The molecule has 0 saturated carbocycles. The molecule has 1 amide bonds. The van der Waals surface area contributed by atoms with Gasteiger partial charge in [-0.3, -0.25) is 9.78 Å². The second-order valence-electron chi connectivity index (χ2n) is 6.20. The van der Waals surface area contributed by atoms with Crippen LogP contribution in [-0.2, 0) is 4.79 Å². The number of hydrogen-bond donors (Lipinski definition) is 1. The minimum absolute atomic E-state index is 0.0134. The molecule has 5 heteroatoms. The summed E-state index contributed by atoms with van der Waals surface area (Å²) in [5.41, 5.74) is 0.763. The van der Waals surface area contributed by atoms with Crippen LogP contribution in [0.5, 0.6) is 5.75 Å². The predicted molar refractivity (Wildman–Crippen MR) is 91.6 cm³/mol. The van der Waals surface area contributed by atoms with Gasteiger partial charge in [-0.15, -0.1) is 11.8 Å². The van der Waals surface area contributed by atoms with Gasteiger partial charge in [0.15, 0.2) is 0 Å². The van der Waals surface area contributed by atoms with E-state index in [9.17, 15) is 4.79 Å². The molecular weight excluding hydrogens is 308 g/mol. The molecule has 1 aromatic heterocycles. The van der Waals surface area contributed by atoms with Crippen LogP contribution < -0.4 is 10.1 Å². The Hall–Kier alpha value is -2.01. The van der Waals surface area contributed by atoms with Crippen LogP contribution in [0.3, 0.4) is 0 Å². The van der Waals surface area contributed by atoms with Gasteiger partial charge in [-0.25, -0.2) is 0 Å². The molecule has 1 aliphatic rings. The number of para-hydroxylation sites is 1. The molecule has 0 unspecified atom stereocenters. The van der Waals surface area contributed by atoms with E-state index in [0.29, 0.717) is 5.75 Å². The summed E-state index contributed by atoms with van der Waals surface area (Å²) in [4.78, 5) is 17.3. The molecular formula is C18H20N2O2S. The Morgan fingerprint density at radius 3 is 2.83 bits per heavy atom. The molecule has 0 radical (unpaired) electrons. The lowest BCUT2D eigenvalue weighted by atomic mass is 9.90. The number of amides is 1. The lowest BCUT2D eigenvalue weighted by molar-refractivity contribution is -0.119. The summed E-state index contributed by atoms with van der Waals surface area (Å²) in [6.07, 6.45) is 4.23. The highest BCUT2D eigenvalue weighted by Gasteiger charge is 2.34. The summed E-state index contributed by atoms with van der Waals surface area (Å²) in [6.45, 7) is 4.10. The summed E-state index contributed by atoms with van der Waals surface area (Å²) < 4.78 is 6.00. The smallest absolute Gasteiger partial charge is 0.230 e. The molecule has 120 valence electrons. The summed E-state index contributed by atoms with van der Waals surface area (Å²) in [6, 6.07) is 11.7. The van der Waals surface area contributed by atoms with E-state index in [1.54, 1.807) is 12.4 Å². The average Bonchev–Trinajstić information content (AvgIpc) is 2.53. The Labute approximate surface area is 140 Å². The SMILES string of the molecule is CC1(C)C[C@@H](NC(=O)CSc2ccncc2)c2ccccc2O1. The second-order valence-corrected chi connectivity index (χ2v) is 7.24. The highest BCUT2D eigenvalue weighted by molar-refractivity contribution is 8.00. The minimum Gasteiger partial charge on any atom is -0.487 e. The van der Waals surface area contributed by atoms with E-state index in [2.05, 4.69) is 10.3 Å². The van der Waals surface area contributed by atoms with Gasteiger partial charge in [-0.2, -0.15) is 0 Å². The number of nitrogens with zero attached hydrogens (tertiary/aromatic N) is 1. The summed E-state index contributed by atoms with van der Waals surface area (Å²) in [5, 5.41) is 3.15. The molecule has 0 spiro atoms. The fraction of sp³-hybridized carbons (Fsp3) is 0.333. The van der Waals surface area contributed by atoms with Crippen LogP contribution in [0.15, 0.2) is 53.7 Å². The lowest BCUT2D eigenvalue weighted by Gasteiger charge is -2.37. The van der Waals surface area contributed by atoms with Gasteiger partial charge >= 0.3 is 0 Å². The van der Waals surface area contributed by atoms with Crippen LogP contribution >= 0.6 is 11.8 Å². The van der Waals surface area contributed by atoms with Crippen molar-refractivity contribution in [1.82, 2.24) is 10.3 Å². The quantitative estimate of drug-likeness (QED) is 0.872.